The highest BCUT2D eigenvalue weighted by Gasteiger charge is 2.40. The van der Waals surface area contributed by atoms with Gasteiger partial charge in [0.2, 0.25) is 5.82 Å². The van der Waals surface area contributed by atoms with E-state index in [0.717, 1.165) is 33.3 Å². The average molecular weight is 410 g/mol. The van der Waals surface area contributed by atoms with Crippen molar-refractivity contribution < 1.29 is 18.0 Å². The monoisotopic (exact) mass is 410 g/mol. The maximum atomic E-state index is 12.9. The molecular formula is C19H21F3N4OS. The Balaban J connectivity index is 1.83. The number of ketones is 1. The van der Waals surface area contributed by atoms with Gasteiger partial charge in [0.25, 0.3) is 0 Å². The first kappa shape index (κ1) is 20.4. The average Bonchev–Trinajstić information content (AvgIpc) is 3.06. The Labute approximate surface area is 165 Å². The summed E-state index contributed by atoms with van der Waals surface area (Å²) in [7, 11) is 3.15. The van der Waals surface area contributed by atoms with Gasteiger partial charge >= 0.3 is 6.18 Å². The molecule has 28 heavy (non-hydrogen) atoms. The van der Waals surface area contributed by atoms with Crippen LogP contribution in [0.5, 0.6) is 0 Å². The van der Waals surface area contributed by atoms with Crippen LogP contribution in [-0.2, 0) is 23.4 Å². The molecule has 5 nitrogen and oxygen atoms in total. The molecule has 0 saturated heterocycles. The van der Waals surface area contributed by atoms with Crippen molar-refractivity contribution in [2.75, 3.05) is 11.9 Å². The molecular weight excluding hydrogens is 389 g/mol. The molecule has 1 aliphatic rings. The van der Waals surface area contributed by atoms with E-state index in [9.17, 15) is 18.0 Å². The number of benzene rings is 1. The topological polar surface area (TPSA) is 51.0 Å². The molecule has 0 bridgehead atoms. The number of nitrogens with zero attached hydrogens (tertiary/aromatic N) is 4. The number of halogens is 3. The number of allylic oxidation sites excluding steroid dienone is 2. The predicted octanol–water partition coefficient (Wildman–Crippen LogP) is 4.20. The molecule has 3 rings (SSSR count). The molecule has 0 amide bonds. The van der Waals surface area contributed by atoms with Gasteiger partial charge in [-0.05, 0) is 18.6 Å². The number of para-hydroxylation sites is 1. The standard InChI is InChI=1S/C19H21F3N4OS/c1-11(28-17-24-23-16(26(17)5)19(20,21)22)14(27)10-15-18(2,3)12-8-6-7-9-13(12)25(15)4/h6-11H,1-5H3/b15-10+/t11-/m1/s1. The smallest absolute Gasteiger partial charge is 0.347 e. The lowest BCUT2D eigenvalue weighted by Crippen LogP contribution is -2.25. The third-order valence-corrected chi connectivity index (χ3v) is 6.14. The van der Waals surface area contributed by atoms with Crippen LogP contribution in [0.25, 0.3) is 0 Å². The number of hydrogen-bond acceptors (Lipinski definition) is 5. The Bertz CT molecular complexity index is 949. The minimum Gasteiger partial charge on any atom is -0.347 e. The van der Waals surface area contributed by atoms with E-state index >= 15 is 0 Å². The van der Waals surface area contributed by atoms with Crippen molar-refractivity contribution in [3.05, 3.63) is 47.4 Å². The summed E-state index contributed by atoms with van der Waals surface area (Å²) in [4.78, 5) is 14.8. The van der Waals surface area contributed by atoms with Crippen molar-refractivity contribution in [2.45, 2.75) is 42.8 Å². The summed E-state index contributed by atoms with van der Waals surface area (Å²) in [6.45, 7) is 5.75. The molecule has 0 N–H and O–H groups in total. The second-order valence-corrected chi connectivity index (χ2v) is 8.56. The summed E-state index contributed by atoms with van der Waals surface area (Å²) in [5.74, 6) is -1.27. The summed E-state index contributed by atoms with van der Waals surface area (Å²) >= 11 is 0.961. The normalized spacial score (nSPS) is 18.4. The van der Waals surface area contributed by atoms with Crippen LogP contribution in [0.3, 0.4) is 0 Å². The zero-order chi connectivity index (χ0) is 20.9. The van der Waals surface area contributed by atoms with Gasteiger partial charge < -0.3 is 9.47 Å². The number of fused-ring (bicyclic) bond motifs is 1. The van der Waals surface area contributed by atoms with E-state index < -0.39 is 17.3 Å². The number of hydrogen-bond donors (Lipinski definition) is 0. The van der Waals surface area contributed by atoms with Gasteiger partial charge in [0, 0.05) is 37.0 Å². The van der Waals surface area contributed by atoms with Gasteiger partial charge in [-0.15, -0.1) is 10.2 Å². The minimum atomic E-state index is -4.59. The van der Waals surface area contributed by atoms with Gasteiger partial charge in [-0.1, -0.05) is 43.8 Å². The molecule has 2 heterocycles. The highest BCUT2D eigenvalue weighted by Crippen LogP contribution is 2.46. The quantitative estimate of drug-likeness (QED) is 0.559. The summed E-state index contributed by atoms with van der Waals surface area (Å²) < 4.78 is 39.5. The largest absolute Gasteiger partial charge is 0.451 e. The van der Waals surface area contributed by atoms with E-state index in [0.29, 0.717) is 0 Å². The zero-order valence-corrected chi connectivity index (χ0v) is 17.0. The molecule has 1 aromatic heterocycles. The first-order valence-corrected chi connectivity index (χ1v) is 9.55. The Kier molecular flexibility index (Phi) is 5.07. The van der Waals surface area contributed by atoms with Crippen LogP contribution in [0.1, 0.15) is 32.2 Å². The van der Waals surface area contributed by atoms with Crippen LogP contribution >= 0.6 is 11.8 Å². The van der Waals surface area contributed by atoms with Crippen LogP contribution in [0.4, 0.5) is 18.9 Å². The maximum Gasteiger partial charge on any atom is 0.451 e. The lowest BCUT2D eigenvalue weighted by Gasteiger charge is -2.24. The molecule has 0 unspecified atom stereocenters. The fourth-order valence-electron chi connectivity index (χ4n) is 3.39. The fourth-order valence-corrected chi connectivity index (χ4v) is 4.22. The number of anilines is 1. The number of aromatic nitrogens is 3. The molecule has 150 valence electrons. The molecule has 9 heteroatoms. The first-order chi connectivity index (χ1) is 12.9. The SMILES string of the molecule is C[C@@H](Sc1nnc(C(F)(F)F)n1C)C(=O)/C=C1/N(C)c2ccccc2C1(C)C. The third kappa shape index (κ3) is 3.43. The predicted molar refractivity (Wildman–Crippen MR) is 102 cm³/mol. The Hall–Kier alpha value is -2.29. The van der Waals surface area contributed by atoms with Gasteiger partial charge in [0.05, 0.1) is 5.25 Å². The van der Waals surface area contributed by atoms with Crippen LogP contribution in [0, 0.1) is 0 Å². The van der Waals surface area contributed by atoms with Crippen molar-refractivity contribution in [1.29, 1.82) is 0 Å². The second kappa shape index (κ2) is 6.95. The molecule has 0 aliphatic carbocycles. The minimum absolute atomic E-state index is 0.0499. The highest BCUT2D eigenvalue weighted by atomic mass is 32.2. The molecule has 1 aliphatic heterocycles. The molecule has 2 aromatic rings. The Morgan fingerprint density at radius 2 is 1.86 bits per heavy atom. The molecule has 0 radical (unpaired) electrons. The molecule has 0 fully saturated rings. The Morgan fingerprint density at radius 3 is 2.43 bits per heavy atom. The van der Waals surface area contributed by atoms with Crippen molar-refractivity contribution in [1.82, 2.24) is 14.8 Å². The summed E-state index contributed by atoms with van der Waals surface area (Å²) in [6, 6.07) is 7.94. The summed E-state index contributed by atoms with van der Waals surface area (Å²) in [5, 5.41) is 6.22. The van der Waals surface area contributed by atoms with E-state index in [1.807, 2.05) is 50.1 Å². The van der Waals surface area contributed by atoms with Crippen LogP contribution in [-0.4, -0.2) is 32.8 Å². The van der Waals surface area contributed by atoms with E-state index in [-0.39, 0.29) is 16.4 Å². The number of rotatable bonds is 4. The summed E-state index contributed by atoms with van der Waals surface area (Å²) in [6.07, 6.45) is -3.00. The van der Waals surface area contributed by atoms with Gasteiger partial charge in [0.15, 0.2) is 10.9 Å². The zero-order valence-electron chi connectivity index (χ0n) is 16.2. The van der Waals surface area contributed by atoms with Gasteiger partial charge in [-0.2, -0.15) is 13.2 Å². The van der Waals surface area contributed by atoms with Gasteiger partial charge in [-0.3, -0.25) is 4.79 Å². The van der Waals surface area contributed by atoms with E-state index in [4.69, 9.17) is 0 Å². The maximum absolute atomic E-state index is 12.9. The van der Waals surface area contributed by atoms with Crippen molar-refractivity contribution in [3.63, 3.8) is 0 Å². The van der Waals surface area contributed by atoms with Crippen molar-refractivity contribution in [3.8, 4) is 0 Å². The highest BCUT2D eigenvalue weighted by molar-refractivity contribution is 8.00. The van der Waals surface area contributed by atoms with Crippen molar-refractivity contribution >= 4 is 23.2 Å². The second-order valence-electron chi connectivity index (χ2n) is 7.26. The van der Waals surface area contributed by atoms with Crippen LogP contribution < -0.4 is 4.90 Å². The first-order valence-electron chi connectivity index (χ1n) is 8.67. The molecule has 0 spiro atoms. The summed E-state index contributed by atoms with van der Waals surface area (Å²) in [5.41, 5.74) is 2.66. The van der Waals surface area contributed by atoms with Gasteiger partial charge in [-0.25, -0.2) is 0 Å². The van der Waals surface area contributed by atoms with E-state index in [1.165, 1.54) is 7.05 Å². The lowest BCUT2D eigenvalue weighted by molar-refractivity contribution is -0.147. The van der Waals surface area contributed by atoms with Crippen molar-refractivity contribution in [2.24, 2.45) is 7.05 Å². The molecule has 1 aromatic carbocycles. The number of carbonyl (C=O) groups excluding carboxylic acids is 1. The van der Waals surface area contributed by atoms with Gasteiger partial charge in [0.1, 0.15) is 0 Å². The lowest BCUT2D eigenvalue weighted by atomic mass is 9.83. The number of alkyl halides is 3. The van der Waals surface area contributed by atoms with E-state index in [2.05, 4.69) is 10.2 Å². The van der Waals surface area contributed by atoms with E-state index in [1.54, 1.807) is 13.0 Å². The number of thioether (sulfide) groups is 1. The number of carbonyl (C=O) groups is 1. The molecule has 1 atom stereocenters. The van der Waals surface area contributed by atoms with Crippen LogP contribution in [0.15, 0.2) is 41.2 Å². The number of likely N-dealkylation sites (N-methyl/N-ethyl adjacent to an activating group) is 1. The molecule has 0 saturated carbocycles. The fraction of sp³-hybridized carbons (Fsp3) is 0.421. The third-order valence-electron chi connectivity index (χ3n) is 4.99. The van der Waals surface area contributed by atoms with Crippen LogP contribution in [0.2, 0.25) is 0 Å². The Morgan fingerprint density at radius 1 is 1.21 bits per heavy atom.